The standard InChI is InChI=1S/C19H15FN4S/c1-21-19-24(18(12-25-19)15-7-2-4-8-16(15)20)23-11-13-10-22-17-9-5-3-6-14(13)17/h2-12,22H,1H3. The average Bonchev–Trinajstić information content (AvgIpc) is 3.24. The van der Waals surface area contributed by atoms with Gasteiger partial charge in [-0.05, 0) is 18.2 Å². The van der Waals surface area contributed by atoms with Crippen LogP contribution in [0.1, 0.15) is 5.56 Å². The topological polar surface area (TPSA) is 45.4 Å². The van der Waals surface area contributed by atoms with Crippen molar-refractivity contribution >= 4 is 28.5 Å². The first-order valence-electron chi connectivity index (χ1n) is 7.76. The molecule has 2 heterocycles. The molecule has 0 spiro atoms. The number of hydrogen-bond donors (Lipinski definition) is 1. The maximum absolute atomic E-state index is 14.2. The maximum Gasteiger partial charge on any atom is 0.205 e. The largest absolute Gasteiger partial charge is 0.361 e. The van der Waals surface area contributed by atoms with Gasteiger partial charge < -0.3 is 4.98 Å². The molecule has 2 aromatic heterocycles. The molecule has 6 heteroatoms. The maximum atomic E-state index is 14.2. The third kappa shape index (κ3) is 2.81. The van der Waals surface area contributed by atoms with Gasteiger partial charge in [0.1, 0.15) is 5.82 Å². The van der Waals surface area contributed by atoms with Crippen LogP contribution >= 0.6 is 11.3 Å². The van der Waals surface area contributed by atoms with Gasteiger partial charge in [0, 0.05) is 40.7 Å². The Hall–Kier alpha value is -2.99. The van der Waals surface area contributed by atoms with E-state index in [0.29, 0.717) is 16.1 Å². The third-order valence-electron chi connectivity index (χ3n) is 3.96. The van der Waals surface area contributed by atoms with Gasteiger partial charge in [0.15, 0.2) is 0 Å². The van der Waals surface area contributed by atoms with Gasteiger partial charge in [-0.1, -0.05) is 30.3 Å². The number of thiazole rings is 1. The smallest absolute Gasteiger partial charge is 0.205 e. The number of fused-ring (bicyclic) bond motifs is 1. The minimum Gasteiger partial charge on any atom is -0.361 e. The first kappa shape index (κ1) is 15.5. The summed E-state index contributed by atoms with van der Waals surface area (Å²) < 4.78 is 15.9. The zero-order chi connectivity index (χ0) is 17.2. The molecule has 124 valence electrons. The van der Waals surface area contributed by atoms with Gasteiger partial charge in [-0.15, -0.1) is 11.3 Å². The minimum atomic E-state index is -0.279. The summed E-state index contributed by atoms with van der Waals surface area (Å²) in [6, 6.07) is 14.7. The second-order valence-electron chi connectivity index (χ2n) is 5.45. The molecule has 4 aromatic rings. The first-order chi connectivity index (χ1) is 12.3. The fraction of sp³-hybridized carbons (Fsp3) is 0.0526. The van der Waals surface area contributed by atoms with E-state index in [4.69, 9.17) is 0 Å². The van der Waals surface area contributed by atoms with Crippen LogP contribution in [0, 0.1) is 5.82 Å². The Morgan fingerprint density at radius 2 is 1.92 bits per heavy atom. The number of para-hydroxylation sites is 1. The predicted octanol–water partition coefficient (Wildman–Crippen LogP) is 4.25. The highest BCUT2D eigenvalue weighted by Gasteiger charge is 2.11. The molecule has 4 nitrogen and oxygen atoms in total. The predicted molar refractivity (Wildman–Crippen MR) is 100 cm³/mol. The van der Waals surface area contributed by atoms with Gasteiger partial charge in [0.2, 0.25) is 4.80 Å². The van der Waals surface area contributed by atoms with Gasteiger partial charge in [0.05, 0.1) is 11.9 Å². The van der Waals surface area contributed by atoms with Crippen LogP contribution in [0.2, 0.25) is 0 Å². The van der Waals surface area contributed by atoms with Crippen LogP contribution < -0.4 is 4.80 Å². The Morgan fingerprint density at radius 3 is 2.76 bits per heavy atom. The van der Waals surface area contributed by atoms with Crippen LogP contribution in [0.15, 0.2) is 70.2 Å². The van der Waals surface area contributed by atoms with Crippen LogP contribution in [-0.4, -0.2) is 22.9 Å². The summed E-state index contributed by atoms with van der Waals surface area (Å²) in [5.74, 6) is -0.279. The van der Waals surface area contributed by atoms with Gasteiger partial charge >= 0.3 is 0 Å². The molecule has 4 rings (SSSR count). The van der Waals surface area contributed by atoms with E-state index in [1.165, 1.54) is 17.4 Å². The number of benzene rings is 2. The molecule has 0 saturated carbocycles. The van der Waals surface area contributed by atoms with Crippen molar-refractivity contribution in [2.24, 2.45) is 10.1 Å². The number of rotatable bonds is 3. The summed E-state index contributed by atoms with van der Waals surface area (Å²) in [4.78, 5) is 8.17. The summed E-state index contributed by atoms with van der Waals surface area (Å²) in [7, 11) is 1.70. The van der Waals surface area contributed by atoms with E-state index in [2.05, 4.69) is 15.1 Å². The summed E-state index contributed by atoms with van der Waals surface area (Å²) in [6.45, 7) is 0. The highest BCUT2D eigenvalue weighted by molar-refractivity contribution is 7.07. The summed E-state index contributed by atoms with van der Waals surface area (Å²) in [5.41, 5.74) is 3.20. The van der Waals surface area contributed by atoms with E-state index in [9.17, 15) is 4.39 Å². The normalized spacial score (nSPS) is 12.5. The van der Waals surface area contributed by atoms with Crippen LogP contribution in [0.4, 0.5) is 4.39 Å². The molecule has 0 atom stereocenters. The Bertz CT molecular complexity index is 1130. The van der Waals surface area contributed by atoms with Gasteiger partial charge in [-0.25, -0.2) is 9.07 Å². The molecule has 0 radical (unpaired) electrons. The number of aromatic amines is 1. The monoisotopic (exact) mass is 350 g/mol. The van der Waals surface area contributed by atoms with Crippen LogP contribution in [0.3, 0.4) is 0 Å². The van der Waals surface area contributed by atoms with E-state index >= 15 is 0 Å². The molecule has 0 aliphatic heterocycles. The molecule has 0 fully saturated rings. The highest BCUT2D eigenvalue weighted by atomic mass is 32.1. The number of halogens is 1. The zero-order valence-electron chi connectivity index (χ0n) is 13.5. The van der Waals surface area contributed by atoms with Gasteiger partial charge in [-0.2, -0.15) is 5.10 Å². The Labute approximate surface area is 147 Å². The Kier molecular flexibility index (Phi) is 4.03. The van der Waals surface area contributed by atoms with Gasteiger partial charge in [-0.3, -0.25) is 4.99 Å². The number of nitrogens with one attached hydrogen (secondary N) is 1. The van der Waals surface area contributed by atoms with E-state index in [0.717, 1.165) is 16.5 Å². The number of hydrogen-bond acceptors (Lipinski definition) is 3. The lowest BCUT2D eigenvalue weighted by Crippen LogP contribution is -2.11. The SMILES string of the molecule is CN=c1scc(-c2ccccc2F)n1N=Cc1c[nH]c2ccccc12. The number of aromatic nitrogens is 2. The van der Waals surface area contributed by atoms with Crippen molar-refractivity contribution in [2.45, 2.75) is 0 Å². The fourth-order valence-electron chi connectivity index (χ4n) is 2.74. The van der Waals surface area contributed by atoms with Crippen LogP contribution in [0.5, 0.6) is 0 Å². The van der Waals surface area contributed by atoms with Crippen molar-refractivity contribution in [3.63, 3.8) is 0 Å². The Morgan fingerprint density at radius 1 is 1.12 bits per heavy atom. The molecule has 0 unspecified atom stereocenters. The Balaban J connectivity index is 1.83. The molecule has 0 amide bonds. The van der Waals surface area contributed by atoms with E-state index in [1.807, 2.05) is 41.9 Å². The second-order valence-corrected chi connectivity index (χ2v) is 6.29. The molecule has 0 aliphatic rings. The fourth-order valence-corrected chi connectivity index (χ4v) is 3.53. The summed E-state index contributed by atoms with van der Waals surface area (Å²) >= 11 is 1.43. The molecule has 25 heavy (non-hydrogen) atoms. The molecule has 0 saturated heterocycles. The van der Waals surface area contributed by atoms with Crippen LogP contribution in [0.25, 0.3) is 22.2 Å². The average molecular weight is 350 g/mol. The lowest BCUT2D eigenvalue weighted by atomic mass is 10.1. The lowest BCUT2D eigenvalue weighted by Gasteiger charge is -2.04. The van der Waals surface area contributed by atoms with Crippen molar-refractivity contribution in [2.75, 3.05) is 7.05 Å². The highest BCUT2D eigenvalue weighted by Crippen LogP contribution is 2.23. The van der Waals surface area contributed by atoms with Crippen molar-refractivity contribution in [3.05, 3.63) is 76.3 Å². The molecule has 0 bridgehead atoms. The quantitative estimate of drug-likeness (QED) is 0.537. The minimum absolute atomic E-state index is 0.279. The zero-order valence-corrected chi connectivity index (χ0v) is 14.3. The molecular weight excluding hydrogens is 335 g/mol. The van der Waals surface area contributed by atoms with Crippen molar-refractivity contribution in [3.8, 4) is 11.3 Å². The molecular formula is C19H15FN4S. The number of H-pyrrole nitrogens is 1. The van der Waals surface area contributed by atoms with Crippen molar-refractivity contribution < 1.29 is 4.39 Å². The summed E-state index contributed by atoms with van der Waals surface area (Å²) in [6.07, 6.45) is 3.68. The van der Waals surface area contributed by atoms with E-state index < -0.39 is 0 Å². The first-order valence-corrected chi connectivity index (χ1v) is 8.64. The molecule has 2 aromatic carbocycles. The van der Waals surface area contributed by atoms with Crippen LogP contribution in [-0.2, 0) is 0 Å². The van der Waals surface area contributed by atoms with Crippen molar-refractivity contribution in [1.82, 2.24) is 9.66 Å². The molecule has 1 N–H and O–H groups in total. The number of nitrogens with zero attached hydrogens (tertiary/aromatic N) is 3. The molecule has 0 aliphatic carbocycles. The second kappa shape index (κ2) is 6.49. The van der Waals surface area contributed by atoms with Gasteiger partial charge in [0.25, 0.3) is 0 Å². The van der Waals surface area contributed by atoms with Crippen molar-refractivity contribution in [1.29, 1.82) is 0 Å². The third-order valence-corrected chi connectivity index (χ3v) is 4.87. The van der Waals surface area contributed by atoms with E-state index in [-0.39, 0.29) is 5.82 Å². The summed E-state index contributed by atoms with van der Waals surface area (Å²) in [5, 5.41) is 7.52. The lowest BCUT2D eigenvalue weighted by molar-refractivity contribution is 0.629. The van der Waals surface area contributed by atoms with E-state index in [1.54, 1.807) is 30.1 Å².